The van der Waals surface area contributed by atoms with Crippen LogP contribution in [0.15, 0.2) is 43.1 Å². The average molecular weight is 340 g/mol. The van der Waals surface area contributed by atoms with Crippen LogP contribution in [0, 0.1) is 11.6 Å². The zero-order chi connectivity index (χ0) is 17.4. The van der Waals surface area contributed by atoms with Crippen molar-refractivity contribution >= 4 is 0 Å². The van der Waals surface area contributed by atoms with Gasteiger partial charge in [0.2, 0.25) is 5.82 Å². The van der Waals surface area contributed by atoms with E-state index in [1.165, 1.54) is 19.5 Å². The Morgan fingerprint density at radius 1 is 1.04 bits per heavy atom. The molecule has 2 heterocycles. The fourth-order valence-electron chi connectivity index (χ4n) is 2.96. The van der Waals surface area contributed by atoms with Crippen LogP contribution in [-0.2, 0) is 0 Å². The molecular formula is C18H14F2N4O. The number of hydrogen-bond donors (Lipinski definition) is 0. The Labute approximate surface area is 142 Å². The lowest BCUT2D eigenvalue weighted by molar-refractivity contribution is 0.371. The van der Waals surface area contributed by atoms with Crippen molar-refractivity contribution < 1.29 is 13.5 Å². The number of methoxy groups -OCH3 is 1. The molecule has 1 saturated carbocycles. The van der Waals surface area contributed by atoms with Gasteiger partial charge in [0, 0.05) is 18.6 Å². The fourth-order valence-corrected chi connectivity index (χ4v) is 2.96. The van der Waals surface area contributed by atoms with E-state index < -0.39 is 11.6 Å². The molecule has 1 aliphatic rings. The van der Waals surface area contributed by atoms with Gasteiger partial charge in [0.05, 0.1) is 7.11 Å². The summed E-state index contributed by atoms with van der Waals surface area (Å²) in [6.45, 7) is 0. The smallest absolute Gasteiger partial charge is 0.200 e. The van der Waals surface area contributed by atoms with Crippen LogP contribution in [0.1, 0.15) is 29.4 Å². The number of rotatable bonds is 4. The Balaban J connectivity index is 1.55. The van der Waals surface area contributed by atoms with Crippen molar-refractivity contribution in [2.75, 3.05) is 7.11 Å². The van der Waals surface area contributed by atoms with Crippen LogP contribution in [0.3, 0.4) is 0 Å². The molecule has 4 rings (SSSR count). The predicted molar refractivity (Wildman–Crippen MR) is 86.1 cm³/mol. The quantitative estimate of drug-likeness (QED) is 0.727. The van der Waals surface area contributed by atoms with E-state index >= 15 is 0 Å². The molecule has 0 aliphatic heterocycles. The maximum Gasteiger partial charge on any atom is 0.200 e. The second-order valence-electron chi connectivity index (χ2n) is 5.90. The van der Waals surface area contributed by atoms with Gasteiger partial charge in [0.15, 0.2) is 17.4 Å². The molecule has 0 radical (unpaired) electrons. The van der Waals surface area contributed by atoms with Crippen LogP contribution in [0.5, 0.6) is 5.75 Å². The van der Waals surface area contributed by atoms with Crippen molar-refractivity contribution in [1.82, 2.24) is 19.9 Å². The summed E-state index contributed by atoms with van der Waals surface area (Å²) in [6, 6.07) is 4.53. The lowest BCUT2D eigenvalue weighted by atomic mass is 10.1. The summed E-state index contributed by atoms with van der Waals surface area (Å²) in [6.07, 6.45) is 7.43. The van der Waals surface area contributed by atoms with E-state index in [9.17, 15) is 8.78 Å². The van der Waals surface area contributed by atoms with Crippen LogP contribution in [0.2, 0.25) is 0 Å². The fraction of sp³-hybridized carbons (Fsp3) is 0.222. The van der Waals surface area contributed by atoms with Crippen LogP contribution in [0.4, 0.5) is 8.78 Å². The third-order valence-corrected chi connectivity index (χ3v) is 4.37. The van der Waals surface area contributed by atoms with Gasteiger partial charge in [-0.25, -0.2) is 24.3 Å². The van der Waals surface area contributed by atoms with E-state index in [-0.39, 0.29) is 17.6 Å². The Kier molecular flexibility index (Phi) is 3.83. The highest BCUT2D eigenvalue weighted by Crippen LogP contribution is 2.55. The van der Waals surface area contributed by atoms with Gasteiger partial charge in [0.25, 0.3) is 0 Å². The van der Waals surface area contributed by atoms with Crippen molar-refractivity contribution in [2.24, 2.45) is 0 Å². The van der Waals surface area contributed by atoms with Gasteiger partial charge in [-0.1, -0.05) is 0 Å². The number of hydrogen-bond acceptors (Lipinski definition) is 5. The number of benzene rings is 1. The van der Waals surface area contributed by atoms with E-state index in [1.54, 1.807) is 30.7 Å². The standard InChI is InChI=1S/C18H14F2N4O/c1-25-16-5-10(4-14(19)17(16)20)12-6-13(12)11-7-22-18(23-8-11)15-2-3-21-9-24-15/h2-5,7-9,12-13H,6H2,1H3. The van der Waals surface area contributed by atoms with Gasteiger partial charge in [-0.15, -0.1) is 0 Å². The van der Waals surface area contributed by atoms with Crippen molar-refractivity contribution in [3.63, 3.8) is 0 Å². The van der Waals surface area contributed by atoms with Gasteiger partial charge >= 0.3 is 0 Å². The molecule has 3 aromatic rings. The van der Waals surface area contributed by atoms with Gasteiger partial charge in [-0.3, -0.25) is 0 Å². The van der Waals surface area contributed by atoms with E-state index in [4.69, 9.17) is 4.74 Å². The molecule has 1 aliphatic carbocycles. The van der Waals surface area contributed by atoms with Crippen LogP contribution < -0.4 is 4.74 Å². The minimum Gasteiger partial charge on any atom is -0.494 e. The summed E-state index contributed by atoms with van der Waals surface area (Å²) in [4.78, 5) is 16.7. The molecule has 0 saturated heterocycles. The Morgan fingerprint density at radius 3 is 2.48 bits per heavy atom. The molecule has 0 bridgehead atoms. The Morgan fingerprint density at radius 2 is 1.80 bits per heavy atom. The minimum absolute atomic E-state index is 0.0731. The molecule has 7 heteroatoms. The second-order valence-corrected chi connectivity index (χ2v) is 5.90. The first-order valence-electron chi connectivity index (χ1n) is 7.78. The molecule has 2 aromatic heterocycles. The molecular weight excluding hydrogens is 326 g/mol. The molecule has 25 heavy (non-hydrogen) atoms. The van der Waals surface area contributed by atoms with Gasteiger partial charge in [-0.05, 0) is 47.6 Å². The summed E-state index contributed by atoms with van der Waals surface area (Å²) in [5.41, 5.74) is 2.34. The molecule has 1 aromatic carbocycles. The third-order valence-electron chi connectivity index (χ3n) is 4.37. The lowest BCUT2D eigenvalue weighted by Gasteiger charge is -2.07. The largest absolute Gasteiger partial charge is 0.494 e. The van der Waals surface area contributed by atoms with Gasteiger partial charge < -0.3 is 4.74 Å². The Hall–Kier alpha value is -2.96. The van der Waals surface area contributed by atoms with Crippen molar-refractivity contribution in [3.05, 3.63) is 65.9 Å². The zero-order valence-electron chi connectivity index (χ0n) is 13.4. The molecule has 0 spiro atoms. The maximum atomic E-state index is 13.7. The highest BCUT2D eigenvalue weighted by molar-refractivity contribution is 5.48. The first-order valence-corrected chi connectivity index (χ1v) is 7.78. The summed E-state index contributed by atoms with van der Waals surface area (Å²) < 4.78 is 32.2. The van der Waals surface area contributed by atoms with E-state index in [2.05, 4.69) is 19.9 Å². The van der Waals surface area contributed by atoms with Crippen LogP contribution in [0.25, 0.3) is 11.5 Å². The third kappa shape index (κ3) is 2.93. The maximum absolute atomic E-state index is 13.7. The summed E-state index contributed by atoms with van der Waals surface area (Å²) in [5, 5.41) is 0. The molecule has 0 amide bonds. The lowest BCUT2D eigenvalue weighted by Crippen LogP contribution is -1.96. The van der Waals surface area contributed by atoms with Crippen molar-refractivity contribution in [1.29, 1.82) is 0 Å². The molecule has 2 atom stereocenters. The predicted octanol–water partition coefficient (Wildman–Crippen LogP) is 3.49. The van der Waals surface area contributed by atoms with E-state index in [0.717, 1.165) is 17.5 Å². The normalized spacial score (nSPS) is 18.8. The first-order chi connectivity index (χ1) is 12.2. The minimum atomic E-state index is -0.957. The first kappa shape index (κ1) is 15.6. The van der Waals surface area contributed by atoms with Crippen LogP contribution in [-0.4, -0.2) is 27.0 Å². The number of aromatic nitrogens is 4. The van der Waals surface area contributed by atoms with Crippen LogP contribution >= 0.6 is 0 Å². The number of ether oxygens (including phenoxy) is 1. The SMILES string of the molecule is COc1cc(C2CC2c2cnc(-c3ccncn3)nc2)cc(F)c1F. The zero-order valence-corrected chi connectivity index (χ0v) is 13.4. The summed E-state index contributed by atoms with van der Waals surface area (Å²) in [7, 11) is 1.33. The van der Waals surface area contributed by atoms with Crippen molar-refractivity contribution in [2.45, 2.75) is 18.3 Å². The van der Waals surface area contributed by atoms with Gasteiger partial charge in [-0.2, -0.15) is 4.39 Å². The molecule has 1 fully saturated rings. The topological polar surface area (TPSA) is 60.8 Å². The second kappa shape index (κ2) is 6.16. The highest BCUT2D eigenvalue weighted by Gasteiger charge is 2.40. The molecule has 2 unspecified atom stereocenters. The highest BCUT2D eigenvalue weighted by atomic mass is 19.2. The Bertz CT molecular complexity index is 903. The molecule has 0 N–H and O–H groups in total. The summed E-state index contributed by atoms with van der Waals surface area (Å²) >= 11 is 0. The molecule has 5 nitrogen and oxygen atoms in total. The van der Waals surface area contributed by atoms with E-state index in [0.29, 0.717) is 11.5 Å². The van der Waals surface area contributed by atoms with E-state index in [1.807, 2.05) is 0 Å². The monoisotopic (exact) mass is 340 g/mol. The molecule has 126 valence electrons. The number of halogens is 2. The summed E-state index contributed by atoms with van der Waals surface area (Å²) in [5.74, 6) is -1.10. The van der Waals surface area contributed by atoms with Crippen molar-refractivity contribution in [3.8, 4) is 17.3 Å². The number of nitrogens with zero attached hydrogens (tertiary/aromatic N) is 4. The van der Waals surface area contributed by atoms with Gasteiger partial charge in [0.1, 0.15) is 12.0 Å². The average Bonchev–Trinajstić information content (AvgIpc) is 3.45.